The van der Waals surface area contributed by atoms with E-state index < -0.39 is 0 Å². The molecule has 0 spiro atoms. The number of rotatable bonds is 9. The Labute approximate surface area is 524 Å². The normalized spacial score (nSPS) is 15.1. The number of aromatic nitrogens is 2. The average Bonchev–Trinajstić information content (AvgIpc) is 0.859. The minimum Gasteiger partial charge on any atom is -0.504 e. The van der Waals surface area contributed by atoms with Crippen molar-refractivity contribution < 1.29 is 34.6 Å². The van der Waals surface area contributed by atoms with Crippen molar-refractivity contribution in [3.63, 3.8) is 0 Å². The van der Waals surface area contributed by atoms with Crippen LogP contribution in [0, 0.1) is 3.57 Å². The van der Waals surface area contributed by atoms with E-state index in [2.05, 4.69) is 134 Å². The number of hydrogen-bond donors (Lipinski definition) is 4. The fraction of sp³-hybridized carbons (Fsp3) is 0.200. The number of halogens is 1. The van der Waals surface area contributed by atoms with Crippen molar-refractivity contribution in [2.45, 2.75) is 70.7 Å². The molecule has 0 fully saturated rings. The van der Waals surface area contributed by atoms with Crippen LogP contribution in [0.15, 0.2) is 198 Å². The molecule has 0 bridgehead atoms. The van der Waals surface area contributed by atoms with Gasteiger partial charge in [0, 0.05) is 64.9 Å². The number of aliphatic hydroxyl groups excluding tert-OH is 3. The Morgan fingerprint density at radius 2 is 0.989 bits per heavy atom. The average molecular weight is 1280 g/mol. The van der Waals surface area contributed by atoms with E-state index in [1.165, 1.54) is 40.5 Å². The number of pyridine rings is 2. The van der Waals surface area contributed by atoms with Crippen molar-refractivity contribution >= 4 is 22.6 Å². The molecule has 7 aromatic rings. The second kappa shape index (κ2) is 24.7. The molecule has 0 saturated heterocycles. The lowest BCUT2D eigenvalue weighted by Crippen LogP contribution is -2.43. The molecule has 12 nitrogen and oxygen atoms in total. The molecule has 4 N–H and O–H groups in total. The number of methoxy groups -OCH3 is 3. The van der Waals surface area contributed by atoms with Gasteiger partial charge in [-0.3, -0.25) is 14.5 Å². The lowest BCUT2D eigenvalue weighted by molar-refractivity contribution is 0.128. The van der Waals surface area contributed by atoms with Crippen molar-refractivity contribution in [1.82, 2.24) is 14.0 Å². The van der Waals surface area contributed by atoms with Gasteiger partial charge in [-0.15, -0.1) is 0 Å². The second-order valence-corrected chi connectivity index (χ2v) is 23.9. The number of phenols is 1. The first-order valence-electron chi connectivity index (χ1n) is 29.7. The van der Waals surface area contributed by atoms with E-state index in [1.807, 2.05) is 84.9 Å². The Kier molecular flexibility index (Phi) is 16.4. The molecule has 0 aromatic heterocycles. The van der Waals surface area contributed by atoms with E-state index in [-0.39, 0.29) is 48.5 Å². The molecule has 7 aromatic carbocycles. The highest BCUT2D eigenvalue weighted by atomic mass is 127. The van der Waals surface area contributed by atoms with Crippen molar-refractivity contribution in [3.05, 3.63) is 268 Å². The third kappa shape index (κ3) is 10.6. The molecular weight excluding hydrogens is 1210 g/mol. The first-order valence-corrected chi connectivity index (χ1v) is 30.8. The number of aryl methyl sites for hydroxylation is 2. The molecule has 0 unspecified atom stereocenters. The molecule has 2 atom stereocenters. The van der Waals surface area contributed by atoms with Gasteiger partial charge < -0.3 is 43.8 Å². The van der Waals surface area contributed by atoms with Crippen LogP contribution < -0.4 is 25.1 Å². The maximum Gasteiger partial charge on any atom is 0.234 e. The highest BCUT2D eigenvalue weighted by Crippen LogP contribution is 2.50. The third-order valence-electron chi connectivity index (χ3n) is 17.9. The van der Waals surface area contributed by atoms with Gasteiger partial charge >= 0.3 is 0 Å². The van der Waals surface area contributed by atoms with Crippen molar-refractivity contribution in [2.75, 3.05) is 27.9 Å². The summed E-state index contributed by atoms with van der Waals surface area (Å²) in [6.45, 7) is 2.77. The number of ether oxygens (including phenoxy) is 3. The van der Waals surface area contributed by atoms with Crippen molar-refractivity contribution in [2.24, 2.45) is 0 Å². The largest absolute Gasteiger partial charge is 0.504 e. The summed E-state index contributed by atoms with van der Waals surface area (Å²) in [4.78, 5) is 27.8. The number of benzene rings is 9. The number of fused-ring (bicyclic) bond motifs is 12. The Hall–Kier alpha value is -8.83. The maximum atomic E-state index is 12.8. The summed E-state index contributed by atoms with van der Waals surface area (Å²) in [5.41, 5.74) is 24.1. The number of aliphatic hydroxyl groups is 3. The fourth-order valence-corrected chi connectivity index (χ4v) is 14.5. The molecule has 8 aliphatic rings. The van der Waals surface area contributed by atoms with E-state index in [0.29, 0.717) is 20.8 Å². The summed E-state index contributed by atoms with van der Waals surface area (Å²) < 4.78 is 21.5. The summed E-state index contributed by atoms with van der Waals surface area (Å²) in [5, 5.41) is 39.0. The van der Waals surface area contributed by atoms with E-state index in [9.17, 15) is 30.0 Å². The zero-order valence-corrected chi connectivity index (χ0v) is 51.3. The molecule has 0 radical (unpaired) electrons. The van der Waals surface area contributed by atoms with Gasteiger partial charge in [-0.2, -0.15) is 0 Å². The van der Waals surface area contributed by atoms with Crippen LogP contribution in [0.5, 0.6) is 23.0 Å². The number of aromatic hydroxyl groups is 1. The molecular formula is C75H66IN3O9. The highest BCUT2D eigenvalue weighted by molar-refractivity contribution is 14.1. The zero-order valence-electron chi connectivity index (χ0n) is 49.2. The number of nitrogens with zero attached hydrogens (tertiary/aromatic N) is 3. The quantitative estimate of drug-likeness (QED) is 0.103. The Balaban J connectivity index is 0.000000122. The first-order chi connectivity index (χ1) is 43.0. The topological polar surface area (TPSA) is 156 Å². The van der Waals surface area contributed by atoms with Crippen molar-refractivity contribution in [3.8, 4) is 90.3 Å². The molecule has 2 aliphatic carbocycles. The van der Waals surface area contributed by atoms with E-state index >= 15 is 0 Å². The lowest BCUT2D eigenvalue weighted by atomic mass is 9.78. The van der Waals surface area contributed by atoms with E-state index in [4.69, 9.17) is 14.2 Å². The van der Waals surface area contributed by atoms with Gasteiger partial charge in [0.05, 0.1) is 62.1 Å². The smallest absolute Gasteiger partial charge is 0.234 e. The molecule has 442 valence electrons. The van der Waals surface area contributed by atoms with Gasteiger partial charge in [0.1, 0.15) is 0 Å². The molecule has 0 saturated carbocycles. The molecule has 13 heteroatoms. The minimum absolute atomic E-state index is 0.0392. The predicted octanol–water partition coefficient (Wildman–Crippen LogP) is 13.4. The molecule has 88 heavy (non-hydrogen) atoms. The molecule has 6 heterocycles. The summed E-state index contributed by atoms with van der Waals surface area (Å²) in [6.07, 6.45) is 3.60. The van der Waals surface area contributed by atoms with Crippen LogP contribution >= 0.6 is 22.6 Å². The van der Waals surface area contributed by atoms with E-state index in [0.717, 1.165) is 135 Å². The second-order valence-electron chi connectivity index (χ2n) is 22.8. The van der Waals surface area contributed by atoms with Crippen molar-refractivity contribution in [1.29, 1.82) is 0 Å². The highest BCUT2D eigenvalue weighted by Gasteiger charge is 2.40. The Morgan fingerprint density at radius 3 is 1.57 bits per heavy atom. The molecule has 0 amide bonds. The van der Waals surface area contributed by atoms with Crippen LogP contribution in [-0.2, 0) is 58.6 Å². The maximum absolute atomic E-state index is 12.8. The van der Waals surface area contributed by atoms with Crippen LogP contribution in [0.4, 0.5) is 0 Å². The SMILES string of the molecule is COc1cc2c(-c3ccccc3)n3c(cc-2c(I)c1=O)-c1ccc(CO)cc1CC3.COc1cc2c(-c3ccccc3)n3c(cc-2cc1=O)-c1ccc(CO)cc1CC3.COc1cc2c(cc1O)C[C@H]1c3ccc(CO)cc3CCN1[C@H]2c1ccccc1. The zero-order chi connectivity index (χ0) is 60.7. The monoisotopic (exact) mass is 1280 g/mol. The Morgan fingerprint density at radius 1 is 0.466 bits per heavy atom. The van der Waals surface area contributed by atoms with Crippen LogP contribution in [0.3, 0.4) is 0 Å². The summed E-state index contributed by atoms with van der Waals surface area (Å²) >= 11 is 2.14. The predicted molar refractivity (Wildman–Crippen MR) is 354 cm³/mol. The van der Waals surface area contributed by atoms with Gasteiger partial charge in [0.25, 0.3) is 0 Å². The van der Waals surface area contributed by atoms with Gasteiger partial charge in [-0.05, 0) is 163 Å². The third-order valence-corrected chi connectivity index (χ3v) is 19.0. The van der Waals surface area contributed by atoms with Crippen LogP contribution in [0.1, 0.15) is 67.7 Å². The van der Waals surface area contributed by atoms with Crippen LogP contribution in [0.2, 0.25) is 0 Å². The molecule has 15 rings (SSSR count). The standard InChI is InChI=1S/C25H20INO3.C25H25NO3.C25H21NO3/c1-30-22-13-20-19(23(26)25(22)29)12-21-18-8-7-15(14-28)11-17(18)9-10-27(21)24(20)16-5-3-2-4-6-16;2*1-29-24-14-21-19(13-23(24)28)12-22-20-8-7-16(15-27)11-18(20)9-10-26(22)25(21)17-5-3-2-4-6-17/h2-8,11-13,28H,9-10,14H2,1H3;2-8,11,13-14,22,25,27-28H,9-10,12,15H2,1H3;2-8,11-14,27H,9-10,15H2,1H3/t;22-,25-;/m.0./s1. The lowest BCUT2D eigenvalue weighted by Gasteiger charge is -2.47. The number of phenolic OH excluding ortho intramolecular Hbond substituents is 1. The molecule has 6 aliphatic heterocycles. The minimum atomic E-state index is -0.115. The fourth-order valence-electron chi connectivity index (χ4n) is 13.8. The summed E-state index contributed by atoms with van der Waals surface area (Å²) in [6, 6.07) is 63.6. The Bertz CT molecular complexity index is 4490. The van der Waals surface area contributed by atoms with Gasteiger partial charge in [0.2, 0.25) is 10.9 Å². The first kappa shape index (κ1) is 58.2. The number of hydrogen-bond acceptors (Lipinski definition) is 10. The summed E-state index contributed by atoms with van der Waals surface area (Å²) in [7, 11) is 4.67. The van der Waals surface area contributed by atoms with Gasteiger partial charge in [-0.25, -0.2) is 0 Å². The van der Waals surface area contributed by atoms with Crippen LogP contribution in [0.25, 0.3) is 67.3 Å². The summed E-state index contributed by atoms with van der Waals surface area (Å²) in [5.74, 6) is 1.44. The van der Waals surface area contributed by atoms with E-state index in [1.54, 1.807) is 20.3 Å². The van der Waals surface area contributed by atoms with Crippen LogP contribution in [-0.4, -0.2) is 62.3 Å². The van der Waals surface area contributed by atoms with Gasteiger partial charge in [0.15, 0.2) is 23.0 Å². The van der Waals surface area contributed by atoms with Gasteiger partial charge in [-0.1, -0.05) is 146 Å².